The molecule has 28 heavy (non-hydrogen) atoms. The Morgan fingerprint density at radius 3 is 2.57 bits per heavy atom. The molecule has 0 unspecified atom stereocenters. The third-order valence-corrected chi connectivity index (χ3v) is 7.04. The van der Waals surface area contributed by atoms with Gasteiger partial charge in [-0.25, -0.2) is 13.4 Å². The molecule has 0 saturated carbocycles. The summed E-state index contributed by atoms with van der Waals surface area (Å²) in [5.74, 6) is 0.684. The minimum absolute atomic E-state index is 0.00497. The van der Waals surface area contributed by atoms with Crippen LogP contribution < -0.4 is 10.3 Å². The normalized spacial score (nSPS) is 18.0. The fourth-order valence-corrected chi connectivity index (χ4v) is 5.07. The largest absolute Gasteiger partial charge is 0.308 e. The van der Waals surface area contributed by atoms with Crippen LogP contribution in [0.2, 0.25) is 0 Å². The fraction of sp³-hybridized carbons (Fsp3) is 0.421. The van der Waals surface area contributed by atoms with E-state index in [0.29, 0.717) is 30.2 Å². The summed E-state index contributed by atoms with van der Waals surface area (Å²) < 4.78 is 27.3. The lowest BCUT2D eigenvalue weighted by Crippen LogP contribution is -2.41. The van der Waals surface area contributed by atoms with Crippen LogP contribution >= 0.6 is 0 Å². The third-order valence-electron chi connectivity index (χ3n) is 5.01. The first-order valence-electron chi connectivity index (χ1n) is 9.39. The molecule has 2 aromatic rings. The molecule has 0 spiro atoms. The molecule has 9 heteroatoms. The summed E-state index contributed by atoms with van der Waals surface area (Å²) in [5, 5.41) is 13.8. The van der Waals surface area contributed by atoms with Gasteiger partial charge in [-0.2, -0.15) is 4.31 Å². The first-order chi connectivity index (χ1) is 13.4. The lowest BCUT2D eigenvalue weighted by molar-refractivity contribution is -0.413. The van der Waals surface area contributed by atoms with E-state index in [1.807, 2.05) is 19.1 Å². The molecule has 1 aromatic heterocycles. The molecule has 2 N–H and O–H groups in total. The zero-order valence-corrected chi connectivity index (χ0v) is 16.6. The maximum atomic E-state index is 12.8. The van der Waals surface area contributed by atoms with Crippen molar-refractivity contribution >= 4 is 21.5 Å². The fourth-order valence-electron chi connectivity index (χ4n) is 3.37. The van der Waals surface area contributed by atoms with Gasteiger partial charge in [-0.15, -0.1) is 0 Å². The Kier molecular flexibility index (Phi) is 6.25. The lowest BCUT2D eigenvalue weighted by Gasteiger charge is -2.32. The number of aromatic nitrogens is 1. The molecule has 3 rings (SSSR count). The van der Waals surface area contributed by atoms with E-state index in [9.17, 15) is 18.5 Å². The average Bonchev–Trinajstić information content (AvgIpc) is 2.69. The van der Waals surface area contributed by atoms with Crippen molar-refractivity contribution in [2.75, 3.05) is 18.4 Å². The average molecular weight is 406 g/mol. The second kappa shape index (κ2) is 8.66. The van der Waals surface area contributed by atoms with Gasteiger partial charge in [-0.05, 0) is 37.5 Å². The molecule has 150 valence electrons. The van der Waals surface area contributed by atoms with Crippen molar-refractivity contribution in [2.24, 2.45) is 0 Å². The molecule has 1 fully saturated rings. The highest BCUT2D eigenvalue weighted by Gasteiger charge is 2.30. The topological polar surface area (TPSA) is 107 Å². The van der Waals surface area contributed by atoms with Gasteiger partial charge in [0.15, 0.2) is 6.20 Å². The molecule has 8 nitrogen and oxygen atoms in total. The number of H-pyrrole nitrogens is 1. The molecule has 1 aliphatic rings. The molecule has 0 bridgehead atoms. The molecule has 0 aliphatic carbocycles. The van der Waals surface area contributed by atoms with Crippen molar-refractivity contribution in [2.45, 2.75) is 43.5 Å². The Labute approximate surface area is 164 Å². The number of piperidine rings is 1. The van der Waals surface area contributed by atoms with E-state index in [4.69, 9.17) is 0 Å². The molecule has 0 radical (unpaired) electrons. The van der Waals surface area contributed by atoms with Gasteiger partial charge in [0.2, 0.25) is 10.0 Å². The van der Waals surface area contributed by atoms with Gasteiger partial charge in [0, 0.05) is 31.1 Å². The summed E-state index contributed by atoms with van der Waals surface area (Å²) in [6.45, 7) is 3.16. The van der Waals surface area contributed by atoms with Crippen LogP contribution in [-0.4, -0.2) is 36.8 Å². The van der Waals surface area contributed by atoms with Gasteiger partial charge < -0.3 is 0 Å². The van der Waals surface area contributed by atoms with Gasteiger partial charge in [0.05, 0.1) is 16.4 Å². The minimum atomic E-state index is -3.44. The van der Waals surface area contributed by atoms with E-state index < -0.39 is 14.9 Å². The van der Waals surface area contributed by atoms with Gasteiger partial charge in [-0.1, -0.05) is 18.6 Å². The Balaban J connectivity index is 1.57. The van der Waals surface area contributed by atoms with E-state index in [0.717, 1.165) is 24.8 Å². The smallest absolute Gasteiger partial charge is 0.274 e. The maximum Gasteiger partial charge on any atom is 0.308 e. The van der Waals surface area contributed by atoms with Crippen LogP contribution in [-0.2, 0) is 16.4 Å². The first kappa shape index (κ1) is 20.2. The standard InChI is InChI=1S/C19H24N4O4S/c1-15-4-2-3-13-22(15)28(26,27)18-8-5-16(6-9-18)11-12-20-19-10-7-17(14-21-19)23(24)25/h5-10,14-15H,2-4,11-13H2,1H3,(H,20,21)/p+1/t15-/m0/s1. The van der Waals surface area contributed by atoms with Crippen molar-refractivity contribution in [1.29, 1.82) is 0 Å². The van der Waals surface area contributed by atoms with E-state index in [1.165, 1.54) is 12.3 Å². The monoisotopic (exact) mass is 405 g/mol. The molecular formula is C19H25N4O4S+. The number of nitrogens with zero attached hydrogens (tertiary/aromatic N) is 2. The number of nitro groups is 1. The van der Waals surface area contributed by atoms with Crippen LogP contribution in [0, 0.1) is 10.1 Å². The highest BCUT2D eigenvalue weighted by Crippen LogP contribution is 2.25. The first-order valence-corrected chi connectivity index (χ1v) is 10.8. The molecular weight excluding hydrogens is 380 g/mol. The number of sulfonamides is 1. The number of pyridine rings is 1. The van der Waals surface area contributed by atoms with E-state index in [2.05, 4.69) is 10.3 Å². The third kappa shape index (κ3) is 4.66. The Bertz CT molecular complexity index is 914. The SMILES string of the molecule is C[C@H]1CCCCN1S(=O)(=O)c1ccc(CCNc2ccc([N+](=O)[O-])c[nH+]2)cc1. The zero-order chi connectivity index (χ0) is 20.1. The molecule has 0 amide bonds. The molecule has 1 aromatic carbocycles. The van der Waals surface area contributed by atoms with Crippen molar-refractivity contribution in [3.8, 4) is 0 Å². The van der Waals surface area contributed by atoms with Crippen LogP contribution in [0.4, 0.5) is 11.5 Å². The summed E-state index contributed by atoms with van der Waals surface area (Å²) in [6, 6.07) is 10.1. The van der Waals surface area contributed by atoms with Crippen molar-refractivity contribution < 1.29 is 18.3 Å². The lowest BCUT2D eigenvalue weighted by atomic mass is 10.1. The molecule has 1 saturated heterocycles. The summed E-state index contributed by atoms with van der Waals surface area (Å²) in [6.07, 6.45) is 4.93. The molecule has 1 aliphatic heterocycles. The maximum absolute atomic E-state index is 12.8. The van der Waals surface area contributed by atoms with Crippen molar-refractivity contribution in [3.05, 3.63) is 58.3 Å². The minimum Gasteiger partial charge on any atom is -0.274 e. The van der Waals surface area contributed by atoms with E-state index in [1.54, 1.807) is 22.5 Å². The highest BCUT2D eigenvalue weighted by atomic mass is 32.2. The molecule has 1 atom stereocenters. The van der Waals surface area contributed by atoms with E-state index in [-0.39, 0.29) is 11.7 Å². The Hall–Kier alpha value is -2.52. The number of rotatable bonds is 7. The van der Waals surface area contributed by atoms with Crippen LogP contribution in [0.1, 0.15) is 31.7 Å². The highest BCUT2D eigenvalue weighted by molar-refractivity contribution is 7.89. The van der Waals surface area contributed by atoms with Crippen molar-refractivity contribution in [1.82, 2.24) is 4.31 Å². The predicted molar refractivity (Wildman–Crippen MR) is 105 cm³/mol. The van der Waals surface area contributed by atoms with Crippen LogP contribution in [0.15, 0.2) is 47.5 Å². The zero-order valence-electron chi connectivity index (χ0n) is 15.8. The van der Waals surface area contributed by atoms with Crippen LogP contribution in [0.25, 0.3) is 0 Å². The number of hydrogen-bond acceptors (Lipinski definition) is 5. The predicted octanol–water partition coefficient (Wildman–Crippen LogP) is 2.63. The van der Waals surface area contributed by atoms with Crippen LogP contribution in [0.5, 0.6) is 0 Å². The Morgan fingerprint density at radius 2 is 1.96 bits per heavy atom. The number of nitrogens with one attached hydrogen (secondary N) is 2. The number of anilines is 1. The van der Waals surface area contributed by atoms with Gasteiger partial charge >= 0.3 is 5.69 Å². The summed E-state index contributed by atoms with van der Waals surface area (Å²) in [7, 11) is -3.44. The Morgan fingerprint density at radius 1 is 1.21 bits per heavy atom. The second-order valence-corrected chi connectivity index (χ2v) is 8.89. The number of aromatic amines is 1. The van der Waals surface area contributed by atoms with Crippen molar-refractivity contribution in [3.63, 3.8) is 0 Å². The van der Waals surface area contributed by atoms with Gasteiger partial charge in [-0.3, -0.25) is 15.4 Å². The number of hydrogen-bond donors (Lipinski definition) is 1. The number of benzene rings is 1. The van der Waals surface area contributed by atoms with Gasteiger partial charge in [0.1, 0.15) is 0 Å². The van der Waals surface area contributed by atoms with E-state index >= 15 is 0 Å². The molecule has 2 heterocycles. The van der Waals surface area contributed by atoms with Crippen LogP contribution in [0.3, 0.4) is 0 Å². The quantitative estimate of drug-likeness (QED) is 0.563. The second-order valence-electron chi connectivity index (χ2n) is 7.00. The summed E-state index contributed by atoms with van der Waals surface area (Å²) >= 11 is 0. The summed E-state index contributed by atoms with van der Waals surface area (Å²) in [4.78, 5) is 13.4. The van der Waals surface area contributed by atoms with Gasteiger partial charge in [0.25, 0.3) is 5.82 Å². The summed E-state index contributed by atoms with van der Waals surface area (Å²) in [5.41, 5.74) is 1.02.